The number of fused-ring (bicyclic) bond motifs is 2. The summed E-state index contributed by atoms with van der Waals surface area (Å²) in [4.78, 5) is 29.1. The molecule has 0 fully saturated rings. The summed E-state index contributed by atoms with van der Waals surface area (Å²) in [6.07, 6.45) is 5.04. The van der Waals surface area contributed by atoms with E-state index < -0.39 is 0 Å². The van der Waals surface area contributed by atoms with Crippen molar-refractivity contribution in [1.82, 2.24) is 30.1 Å². The smallest absolute Gasteiger partial charge is 0.226 e. The molecule has 0 saturated heterocycles. The summed E-state index contributed by atoms with van der Waals surface area (Å²) >= 11 is 0. The molecule has 0 aliphatic carbocycles. The third-order valence-electron chi connectivity index (χ3n) is 6.18. The van der Waals surface area contributed by atoms with E-state index in [0.717, 1.165) is 33.3 Å². The molecule has 0 unspecified atom stereocenters. The van der Waals surface area contributed by atoms with Gasteiger partial charge in [-0.3, -0.25) is 14.9 Å². The summed E-state index contributed by atoms with van der Waals surface area (Å²) in [7, 11) is 0. The number of pyridine rings is 3. The Balaban J connectivity index is 1.41. The highest BCUT2D eigenvalue weighted by Gasteiger charge is 2.16. The Kier molecular flexibility index (Phi) is 5.45. The number of hydrogen-bond donors (Lipinski definition) is 3. The largest absolute Gasteiger partial charge is 0.338 e. The van der Waals surface area contributed by atoms with E-state index in [2.05, 4.69) is 30.5 Å². The van der Waals surface area contributed by atoms with E-state index >= 15 is 0 Å². The molecule has 0 spiro atoms. The number of halogens is 1. The molecule has 3 N–H and O–H groups in total. The minimum atomic E-state index is -0.281. The van der Waals surface area contributed by atoms with Gasteiger partial charge in [0, 0.05) is 29.3 Å². The van der Waals surface area contributed by atoms with Crippen molar-refractivity contribution in [2.75, 3.05) is 5.32 Å². The third-order valence-corrected chi connectivity index (χ3v) is 6.18. The monoisotopic (exact) mass is 491 g/mol. The van der Waals surface area contributed by atoms with Gasteiger partial charge in [0.25, 0.3) is 0 Å². The van der Waals surface area contributed by atoms with E-state index in [1.165, 1.54) is 12.1 Å². The van der Waals surface area contributed by atoms with Crippen LogP contribution in [0.3, 0.4) is 0 Å². The fourth-order valence-corrected chi connectivity index (χ4v) is 4.22. The lowest BCUT2D eigenvalue weighted by Crippen LogP contribution is -2.17. The molecule has 0 radical (unpaired) electrons. The zero-order valence-electron chi connectivity index (χ0n) is 20.1. The molecule has 6 aromatic rings. The van der Waals surface area contributed by atoms with Crippen LogP contribution < -0.4 is 5.32 Å². The first kappa shape index (κ1) is 22.5. The van der Waals surface area contributed by atoms with Gasteiger partial charge in [0.1, 0.15) is 22.7 Å². The van der Waals surface area contributed by atoms with Crippen LogP contribution in [0, 0.1) is 11.7 Å². The van der Waals surface area contributed by atoms with Crippen LogP contribution in [-0.2, 0) is 4.79 Å². The maximum absolute atomic E-state index is 13.5. The lowest BCUT2D eigenvalue weighted by atomic mass is 10.0. The molecule has 8 nitrogen and oxygen atoms in total. The third kappa shape index (κ3) is 4.20. The van der Waals surface area contributed by atoms with Crippen molar-refractivity contribution in [3.05, 3.63) is 79.0 Å². The number of carbonyl (C=O) groups is 1. The van der Waals surface area contributed by atoms with Gasteiger partial charge in [-0.1, -0.05) is 26.0 Å². The van der Waals surface area contributed by atoms with Crippen molar-refractivity contribution in [2.45, 2.75) is 13.8 Å². The molecule has 182 valence electrons. The van der Waals surface area contributed by atoms with Crippen LogP contribution in [-0.4, -0.2) is 36.0 Å². The van der Waals surface area contributed by atoms with Gasteiger partial charge in [0.15, 0.2) is 0 Å². The van der Waals surface area contributed by atoms with E-state index in [-0.39, 0.29) is 17.6 Å². The van der Waals surface area contributed by atoms with Gasteiger partial charge in [0.2, 0.25) is 5.91 Å². The van der Waals surface area contributed by atoms with E-state index in [4.69, 9.17) is 4.98 Å². The number of benzene rings is 1. The average molecular weight is 492 g/mol. The molecule has 1 amide bonds. The molecule has 0 bridgehead atoms. The quantitative estimate of drug-likeness (QED) is 0.275. The predicted octanol–water partition coefficient (Wildman–Crippen LogP) is 5.96. The number of rotatable bonds is 5. The predicted molar refractivity (Wildman–Crippen MR) is 141 cm³/mol. The molecule has 0 saturated carbocycles. The Morgan fingerprint density at radius 2 is 1.84 bits per heavy atom. The summed E-state index contributed by atoms with van der Waals surface area (Å²) in [6.45, 7) is 3.68. The minimum absolute atomic E-state index is 0.0769. The van der Waals surface area contributed by atoms with E-state index in [9.17, 15) is 9.18 Å². The fraction of sp³-hybridized carbons (Fsp3) is 0.107. The average Bonchev–Trinajstić information content (AvgIpc) is 3.53. The highest BCUT2D eigenvalue weighted by Crippen LogP contribution is 2.33. The Labute approximate surface area is 211 Å². The summed E-state index contributed by atoms with van der Waals surface area (Å²) in [5, 5.41) is 11.3. The second-order valence-electron chi connectivity index (χ2n) is 9.08. The number of H-pyrrole nitrogens is 2. The van der Waals surface area contributed by atoms with Gasteiger partial charge < -0.3 is 10.3 Å². The summed E-state index contributed by atoms with van der Waals surface area (Å²) in [5.41, 5.74) is 7.47. The second kappa shape index (κ2) is 8.94. The first-order valence-electron chi connectivity index (χ1n) is 11.8. The molecular weight excluding hydrogens is 469 g/mol. The lowest BCUT2D eigenvalue weighted by molar-refractivity contribution is -0.118. The van der Waals surface area contributed by atoms with Crippen molar-refractivity contribution in [3.63, 3.8) is 0 Å². The first-order valence-corrected chi connectivity index (χ1v) is 11.8. The number of nitrogens with one attached hydrogen (secondary N) is 3. The number of aromatic amines is 2. The molecule has 5 aromatic heterocycles. The van der Waals surface area contributed by atoms with Gasteiger partial charge in [-0.25, -0.2) is 14.4 Å². The molecule has 1 aromatic carbocycles. The summed E-state index contributed by atoms with van der Waals surface area (Å²) in [5.74, 6) is -0.496. The Bertz CT molecular complexity index is 1770. The highest BCUT2D eigenvalue weighted by molar-refractivity contribution is 5.99. The Morgan fingerprint density at radius 1 is 1.00 bits per heavy atom. The summed E-state index contributed by atoms with van der Waals surface area (Å²) < 4.78 is 13.5. The molecule has 0 aliphatic heterocycles. The van der Waals surface area contributed by atoms with Crippen LogP contribution in [0.25, 0.3) is 55.8 Å². The molecule has 0 atom stereocenters. The standard InChI is InChI=1S/C28H22FN7O/c1-15(2)28(37)32-19-11-17(13-30-14-19)22-7-8-23-25(33-22)26(36-35-23)24-12-21-20(9-10-31-27(21)34-24)16-3-5-18(29)6-4-16/h3-15H,1-2H3,(H,31,34)(H,32,37)(H,35,36). The number of aromatic nitrogens is 6. The first-order chi connectivity index (χ1) is 18.0. The van der Waals surface area contributed by atoms with Crippen molar-refractivity contribution < 1.29 is 9.18 Å². The van der Waals surface area contributed by atoms with Crippen molar-refractivity contribution in [3.8, 4) is 33.8 Å². The van der Waals surface area contributed by atoms with Gasteiger partial charge in [0.05, 0.1) is 28.8 Å². The minimum Gasteiger partial charge on any atom is -0.338 e. The second-order valence-corrected chi connectivity index (χ2v) is 9.08. The molecule has 6 rings (SSSR count). The van der Waals surface area contributed by atoms with E-state index in [1.54, 1.807) is 30.7 Å². The molecule has 9 heteroatoms. The van der Waals surface area contributed by atoms with Crippen LogP contribution in [0.1, 0.15) is 13.8 Å². The molecule has 37 heavy (non-hydrogen) atoms. The maximum atomic E-state index is 13.5. The Hall–Kier alpha value is -4.92. The lowest BCUT2D eigenvalue weighted by Gasteiger charge is -2.08. The Morgan fingerprint density at radius 3 is 2.65 bits per heavy atom. The highest BCUT2D eigenvalue weighted by atomic mass is 19.1. The number of hydrogen-bond acceptors (Lipinski definition) is 5. The van der Waals surface area contributed by atoms with Crippen LogP contribution in [0.2, 0.25) is 0 Å². The van der Waals surface area contributed by atoms with E-state index in [0.29, 0.717) is 28.2 Å². The number of carbonyl (C=O) groups excluding carboxylic acids is 1. The van der Waals surface area contributed by atoms with Crippen LogP contribution in [0.5, 0.6) is 0 Å². The van der Waals surface area contributed by atoms with Crippen LogP contribution in [0.4, 0.5) is 10.1 Å². The normalized spacial score (nSPS) is 11.5. The zero-order valence-corrected chi connectivity index (χ0v) is 20.1. The van der Waals surface area contributed by atoms with Crippen molar-refractivity contribution in [1.29, 1.82) is 0 Å². The van der Waals surface area contributed by atoms with Crippen molar-refractivity contribution in [2.24, 2.45) is 5.92 Å². The van der Waals surface area contributed by atoms with Gasteiger partial charge in [-0.15, -0.1) is 0 Å². The van der Waals surface area contributed by atoms with Gasteiger partial charge >= 0.3 is 0 Å². The topological polar surface area (TPSA) is 112 Å². The van der Waals surface area contributed by atoms with Crippen molar-refractivity contribution >= 4 is 33.7 Å². The SMILES string of the molecule is CC(C)C(=O)Nc1cncc(-c2ccc3[nH]nc(-c4cc5c(-c6ccc(F)cc6)ccnc5[nH]4)c3n2)c1. The molecular formula is C28H22FN7O. The maximum Gasteiger partial charge on any atom is 0.226 e. The van der Waals surface area contributed by atoms with Crippen LogP contribution >= 0.6 is 0 Å². The summed E-state index contributed by atoms with van der Waals surface area (Å²) in [6, 6.07) is 15.9. The van der Waals surface area contributed by atoms with Gasteiger partial charge in [-0.05, 0) is 53.6 Å². The number of nitrogens with zero attached hydrogens (tertiary/aromatic N) is 4. The molecule has 0 aliphatic rings. The number of anilines is 1. The van der Waals surface area contributed by atoms with Crippen LogP contribution in [0.15, 0.2) is 73.2 Å². The fourth-order valence-electron chi connectivity index (χ4n) is 4.22. The number of amides is 1. The zero-order chi connectivity index (χ0) is 25.5. The molecule has 5 heterocycles. The van der Waals surface area contributed by atoms with E-state index in [1.807, 2.05) is 44.2 Å². The van der Waals surface area contributed by atoms with Gasteiger partial charge in [-0.2, -0.15) is 5.10 Å².